The third kappa shape index (κ3) is 3.24. The maximum Gasteiger partial charge on any atom is 0.255 e. The Bertz CT molecular complexity index is 447. The molecular weight excluding hydrogens is 407 g/mol. The summed E-state index contributed by atoms with van der Waals surface area (Å²) in [4.78, 5) is 14.4. The molecule has 0 saturated carbocycles. The summed E-state index contributed by atoms with van der Waals surface area (Å²) in [5.41, 5.74) is 0.776. The summed E-state index contributed by atoms with van der Waals surface area (Å²) in [6, 6.07) is 6.13. The Hall–Kier alpha value is -0.140. The van der Waals surface area contributed by atoms with E-state index in [-0.39, 0.29) is 5.91 Å². The van der Waals surface area contributed by atoms with Gasteiger partial charge in [-0.3, -0.25) is 4.79 Å². The van der Waals surface area contributed by atoms with Crippen molar-refractivity contribution >= 4 is 44.4 Å². The van der Waals surface area contributed by atoms with Gasteiger partial charge in [0.05, 0.1) is 5.56 Å². The van der Waals surface area contributed by atoms with Crippen LogP contribution in [-0.4, -0.2) is 37.0 Å². The largest absolute Gasteiger partial charge is 0.337 e. The van der Waals surface area contributed by atoms with Crippen LogP contribution in [0.15, 0.2) is 22.7 Å². The number of amides is 1. The van der Waals surface area contributed by atoms with Crippen molar-refractivity contribution in [3.05, 3.63) is 31.8 Å². The van der Waals surface area contributed by atoms with Crippen LogP contribution in [0.4, 0.5) is 0 Å². The van der Waals surface area contributed by atoms with Gasteiger partial charge >= 0.3 is 0 Å². The fourth-order valence-corrected chi connectivity index (χ4v) is 3.11. The van der Waals surface area contributed by atoms with Gasteiger partial charge in [0.2, 0.25) is 0 Å². The third-order valence-corrected chi connectivity index (χ3v) is 4.73. The van der Waals surface area contributed by atoms with Crippen molar-refractivity contribution in [2.24, 2.45) is 0 Å². The maximum absolute atomic E-state index is 12.5. The summed E-state index contributed by atoms with van der Waals surface area (Å²) in [6.07, 6.45) is 2.22. The van der Waals surface area contributed by atoms with Crippen molar-refractivity contribution in [1.82, 2.24) is 10.2 Å². The van der Waals surface area contributed by atoms with Gasteiger partial charge in [0, 0.05) is 27.7 Å². The van der Waals surface area contributed by atoms with Crippen LogP contribution < -0.4 is 5.32 Å². The van der Waals surface area contributed by atoms with Crippen LogP contribution in [0.1, 0.15) is 23.2 Å². The average Bonchev–Trinajstić information content (AvgIpc) is 2.41. The molecule has 1 aromatic rings. The molecule has 1 aliphatic heterocycles. The van der Waals surface area contributed by atoms with Crippen molar-refractivity contribution in [1.29, 1.82) is 0 Å². The summed E-state index contributed by atoms with van der Waals surface area (Å²) >= 11 is 5.64. The Labute approximate surface area is 130 Å². The molecule has 5 heteroatoms. The number of hydrogen-bond donors (Lipinski definition) is 1. The van der Waals surface area contributed by atoms with Gasteiger partial charge in [0.15, 0.2) is 0 Å². The standard InChI is InChI=1S/C13H16BrIN2O/c1-17(10-3-2-6-16-8-10)13(18)11-7-9(14)4-5-12(11)15/h4-5,7,10,16H,2-3,6,8H2,1H3. The lowest BCUT2D eigenvalue weighted by Crippen LogP contribution is -2.46. The molecule has 0 bridgehead atoms. The van der Waals surface area contributed by atoms with E-state index in [1.807, 2.05) is 30.1 Å². The second-order valence-electron chi connectivity index (χ2n) is 4.54. The fourth-order valence-electron chi connectivity index (χ4n) is 2.18. The lowest BCUT2D eigenvalue weighted by molar-refractivity contribution is 0.0707. The molecule has 0 aromatic heterocycles. The fraction of sp³-hybridized carbons (Fsp3) is 0.462. The molecule has 1 heterocycles. The molecule has 1 aromatic carbocycles. The zero-order valence-corrected chi connectivity index (χ0v) is 14.0. The first-order chi connectivity index (χ1) is 8.59. The van der Waals surface area contributed by atoms with Gasteiger partial charge in [-0.2, -0.15) is 0 Å². The number of halogens is 2. The molecule has 0 spiro atoms. The molecular formula is C13H16BrIN2O. The number of benzene rings is 1. The van der Waals surface area contributed by atoms with Crippen LogP contribution in [0, 0.1) is 3.57 Å². The molecule has 1 N–H and O–H groups in total. The van der Waals surface area contributed by atoms with E-state index in [4.69, 9.17) is 0 Å². The molecule has 1 aliphatic rings. The molecule has 1 amide bonds. The molecule has 3 nitrogen and oxygen atoms in total. The number of rotatable bonds is 2. The van der Waals surface area contributed by atoms with Crippen LogP contribution >= 0.6 is 38.5 Å². The first kappa shape index (κ1) is 14.3. The number of nitrogens with zero attached hydrogens (tertiary/aromatic N) is 1. The maximum atomic E-state index is 12.5. The number of carbonyl (C=O) groups excluding carboxylic acids is 1. The monoisotopic (exact) mass is 422 g/mol. The van der Waals surface area contributed by atoms with Gasteiger partial charge in [0.1, 0.15) is 0 Å². The normalized spacial score (nSPS) is 19.6. The zero-order valence-electron chi connectivity index (χ0n) is 10.2. The molecule has 2 rings (SSSR count). The van der Waals surface area contributed by atoms with Crippen molar-refractivity contribution in [2.45, 2.75) is 18.9 Å². The molecule has 1 fully saturated rings. The number of carbonyl (C=O) groups is 1. The lowest BCUT2D eigenvalue weighted by Gasteiger charge is -2.32. The highest BCUT2D eigenvalue weighted by Crippen LogP contribution is 2.21. The van der Waals surface area contributed by atoms with E-state index in [0.29, 0.717) is 6.04 Å². The number of hydrogen-bond acceptors (Lipinski definition) is 2. The lowest BCUT2D eigenvalue weighted by atomic mass is 10.1. The van der Waals surface area contributed by atoms with E-state index in [2.05, 4.69) is 43.8 Å². The van der Waals surface area contributed by atoms with Gasteiger partial charge in [-0.05, 0) is 60.2 Å². The Kier molecular flexibility index (Phi) is 5.03. The number of nitrogens with one attached hydrogen (secondary N) is 1. The van der Waals surface area contributed by atoms with E-state index in [1.165, 1.54) is 0 Å². The Morgan fingerprint density at radius 1 is 1.56 bits per heavy atom. The highest BCUT2D eigenvalue weighted by molar-refractivity contribution is 14.1. The molecule has 0 aliphatic carbocycles. The van der Waals surface area contributed by atoms with Gasteiger partial charge < -0.3 is 10.2 Å². The van der Waals surface area contributed by atoms with Gasteiger partial charge in [-0.15, -0.1) is 0 Å². The van der Waals surface area contributed by atoms with Crippen LogP contribution in [0.25, 0.3) is 0 Å². The predicted molar refractivity (Wildman–Crippen MR) is 84.8 cm³/mol. The SMILES string of the molecule is CN(C(=O)c1cc(Br)ccc1I)C1CCCNC1. The minimum atomic E-state index is 0.106. The number of likely N-dealkylation sites (N-methyl/N-ethyl adjacent to an activating group) is 1. The first-order valence-electron chi connectivity index (χ1n) is 6.02. The average molecular weight is 423 g/mol. The second-order valence-corrected chi connectivity index (χ2v) is 6.62. The van der Waals surface area contributed by atoms with Crippen LogP contribution in [0.3, 0.4) is 0 Å². The molecule has 98 valence electrons. The third-order valence-electron chi connectivity index (χ3n) is 3.30. The minimum absolute atomic E-state index is 0.106. The quantitative estimate of drug-likeness (QED) is 0.743. The van der Waals surface area contributed by atoms with E-state index in [0.717, 1.165) is 39.5 Å². The predicted octanol–water partition coefficient (Wildman–Crippen LogP) is 2.88. The van der Waals surface area contributed by atoms with Crippen LogP contribution in [0.5, 0.6) is 0 Å². The van der Waals surface area contributed by atoms with Crippen LogP contribution in [0.2, 0.25) is 0 Å². The molecule has 0 radical (unpaired) electrons. The second kappa shape index (κ2) is 6.34. The summed E-state index contributed by atoms with van der Waals surface area (Å²) in [5.74, 6) is 0.106. The smallest absolute Gasteiger partial charge is 0.255 e. The molecule has 1 unspecified atom stereocenters. The first-order valence-corrected chi connectivity index (χ1v) is 7.89. The van der Waals surface area contributed by atoms with Crippen LogP contribution in [-0.2, 0) is 0 Å². The Morgan fingerprint density at radius 3 is 3.00 bits per heavy atom. The summed E-state index contributed by atoms with van der Waals surface area (Å²) < 4.78 is 1.94. The number of piperidine rings is 1. The van der Waals surface area contributed by atoms with Gasteiger partial charge in [0.25, 0.3) is 5.91 Å². The minimum Gasteiger partial charge on any atom is -0.337 e. The van der Waals surface area contributed by atoms with Crippen molar-refractivity contribution in [3.63, 3.8) is 0 Å². The van der Waals surface area contributed by atoms with Gasteiger partial charge in [-0.25, -0.2) is 0 Å². The van der Waals surface area contributed by atoms with E-state index in [9.17, 15) is 4.79 Å². The van der Waals surface area contributed by atoms with Crippen molar-refractivity contribution in [2.75, 3.05) is 20.1 Å². The molecule has 1 saturated heterocycles. The highest BCUT2D eigenvalue weighted by Gasteiger charge is 2.24. The summed E-state index contributed by atoms with van der Waals surface area (Å²) in [5, 5.41) is 3.34. The Balaban J connectivity index is 2.16. The zero-order chi connectivity index (χ0) is 13.1. The van der Waals surface area contributed by atoms with Crippen molar-refractivity contribution < 1.29 is 4.79 Å². The topological polar surface area (TPSA) is 32.3 Å². The molecule has 1 atom stereocenters. The summed E-state index contributed by atoms with van der Waals surface area (Å²) in [7, 11) is 1.90. The van der Waals surface area contributed by atoms with E-state index >= 15 is 0 Å². The molecule has 18 heavy (non-hydrogen) atoms. The Morgan fingerprint density at radius 2 is 2.33 bits per heavy atom. The van der Waals surface area contributed by atoms with Crippen molar-refractivity contribution in [3.8, 4) is 0 Å². The van der Waals surface area contributed by atoms with E-state index < -0.39 is 0 Å². The summed E-state index contributed by atoms with van der Waals surface area (Å²) in [6.45, 7) is 1.96. The highest BCUT2D eigenvalue weighted by atomic mass is 127. The van der Waals surface area contributed by atoms with Gasteiger partial charge in [-0.1, -0.05) is 15.9 Å². The van der Waals surface area contributed by atoms with E-state index in [1.54, 1.807) is 0 Å².